The summed E-state index contributed by atoms with van der Waals surface area (Å²) >= 11 is 5.97. The molecule has 0 radical (unpaired) electrons. The van der Waals surface area contributed by atoms with Crippen molar-refractivity contribution >= 4 is 28.4 Å². The molecule has 1 aromatic heterocycles. The molecule has 3 rings (SSSR count). The van der Waals surface area contributed by atoms with Gasteiger partial charge in [-0.3, -0.25) is 9.59 Å². The first kappa shape index (κ1) is 20.9. The zero-order valence-electron chi connectivity index (χ0n) is 16.7. The van der Waals surface area contributed by atoms with Crippen molar-refractivity contribution in [1.29, 1.82) is 0 Å². The van der Waals surface area contributed by atoms with Gasteiger partial charge in [0.15, 0.2) is 6.61 Å². The molecule has 1 amide bonds. The third-order valence-corrected chi connectivity index (χ3v) is 5.15. The second kappa shape index (κ2) is 9.09. The summed E-state index contributed by atoms with van der Waals surface area (Å²) in [7, 11) is 0. The van der Waals surface area contributed by atoms with Crippen molar-refractivity contribution in [1.82, 2.24) is 14.9 Å². The minimum atomic E-state index is -0.213. The van der Waals surface area contributed by atoms with Gasteiger partial charge in [-0.25, -0.2) is 4.98 Å². The van der Waals surface area contributed by atoms with Crippen molar-refractivity contribution in [2.75, 3.05) is 6.61 Å². The van der Waals surface area contributed by atoms with E-state index in [0.717, 1.165) is 12.0 Å². The summed E-state index contributed by atoms with van der Waals surface area (Å²) in [6, 6.07) is 12.4. The largest absolute Gasteiger partial charge is 0.483 e. The number of aryl methyl sites for hydroxylation is 1. The average molecular weight is 414 g/mol. The number of carbonyl (C=O) groups excluding carboxylic acids is 1. The predicted octanol–water partition coefficient (Wildman–Crippen LogP) is 4.09. The van der Waals surface area contributed by atoms with Crippen LogP contribution in [0.25, 0.3) is 10.9 Å². The fourth-order valence-electron chi connectivity index (χ4n) is 3.08. The zero-order chi connectivity index (χ0) is 21.0. The number of rotatable bonds is 7. The summed E-state index contributed by atoms with van der Waals surface area (Å²) in [4.78, 5) is 34.2. The van der Waals surface area contributed by atoms with Gasteiger partial charge in [0.2, 0.25) is 0 Å². The number of halogens is 1. The second-order valence-electron chi connectivity index (χ2n) is 7.01. The van der Waals surface area contributed by atoms with Crippen molar-refractivity contribution in [3.8, 4) is 5.75 Å². The summed E-state index contributed by atoms with van der Waals surface area (Å²) in [6.45, 7) is 5.94. The number of H-pyrrole nitrogens is 1. The Kier molecular flexibility index (Phi) is 6.54. The monoisotopic (exact) mass is 413 g/mol. The van der Waals surface area contributed by atoms with Crippen LogP contribution >= 0.6 is 11.6 Å². The van der Waals surface area contributed by atoms with E-state index in [-0.39, 0.29) is 30.7 Å². The van der Waals surface area contributed by atoms with Gasteiger partial charge in [0, 0.05) is 11.1 Å². The van der Waals surface area contributed by atoms with Crippen LogP contribution in [0.2, 0.25) is 5.02 Å². The van der Waals surface area contributed by atoms with Crippen molar-refractivity contribution in [2.24, 2.45) is 0 Å². The maximum Gasteiger partial charge on any atom is 0.261 e. The van der Waals surface area contributed by atoms with E-state index < -0.39 is 0 Å². The lowest BCUT2D eigenvalue weighted by atomic mass is 10.2. The van der Waals surface area contributed by atoms with Crippen molar-refractivity contribution in [2.45, 2.75) is 39.8 Å². The molecule has 0 aliphatic carbocycles. The maximum absolute atomic E-state index is 12.9. The lowest BCUT2D eigenvalue weighted by molar-refractivity contribution is -0.136. The average Bonchev–Trinajstić information content (AvgIpc) is 2.70. The highest BCUT2D eigenvalue weighted by Crippen LogP contribution is 2.22. The van der Waals surface area contributed by atoms with Gasteiger partial charge in [-0.2, -0.15) is 0 Å². The molecule has 7 heteroatoms. The number of aromatic nitrogens is 2. The Balaban J connectivity index is 1.79. The third kappa shape index (κ3) is 4.95. The smallest absolute Gasteiger partial charge is 0.261 e. The predicted molar refractivity (Wildman–Crippen MR) is 114 cm³/mol. The molecule has 1 N–H and O–H groups in total. The molecule has 0 aliphatic rings. The molecule has 6 nitrogen and oxygen atoms in total. The summed E-state index contributed by atoms with van der Waals surface area (Å²) in [5.74, 6) is 0.888. The molecular formula is C22H24ClN3O3. The fraction of sp³-hybridized carbons (Fsp3) is 0.318. The van der Waals surface area contributed by atoms with Gasteiger partial charge >= 0.3 is 0 Å². The number of nitrogens with one attached hydrogen (secondary N) is 1. The van der Waals surface area contributed by atoms with Crippen molar-refractivity contribution < 1.29 is 9.53 Å². The third-order valence-electron chi connectivity index (χ3n) is 4.91. The van der Waals surface area contributed by atoms with E-state index >= 15 is 0 Å². The van der Waals surface area contributed by atoms with Gasteiger partial charge in [0.05, 0.1) is 17.4 Å². The second-order valence-corrected chi connectivity index (χ2v) is 7.44. The van der Waals surface area contributed by atoms with Crippen LogP contribution in [-0.4, -0.2) is 33.4 Å². The van der Waals surface area contributed by atoms with Crippen LogP contribution < -0.4 is 10.3 Å². The number of amides is 1. The minimum Gasteiger partial charge on any atom is -0.483 e. The van der Waals surface area contributed by atoms with E-state index in [9.17, 15) is 9.59 Å². The van der Waals surface area contributed by atoms with E-state index in [2.05, 4.69) is 9.97 Å². The first-order valence-corrected chi connectivity index (χ1v) is 9.93. The molecule has 0 bridgehead atoms. The number of fused-ring (bicyclic) bond motifs is 1. The number of nitrogens with zero attached hydrogens (tertiary/aromatic N) is 2. The van der Waals surface area contributed by atoms with Gasteiger partial charge in [-0.05, 0) is 56.2 Å². The first-order valence-electron chi connectivity index (χ1n) is 9.55. The summed E-state index contributed by atoms with van der Waals surface area (Å²) in [5, 5.41) is 1.15. The lowest BCUT2D eigenvalue weighted by Gasteiger charge is -2.28. The number of para-hydroxylation sites is 1. The van der Waals surface area contributed by atoms with Gasteiger partial charge in [-0.15, -0.1) is 0 Å². The van der Waals surface area contributed by atoms with Crippen molar-refractivity contribution in [3.05, 3.63) is 69.2 Å². The Morgan fingerprint density at radius 2 is 2.03 bits per heavy atom. The quantitative estimate of drug-likeness (QED) is 0.633. The minimum absolute atomic E-state index is 0.0332. The van der Waals surface area contributed by atoms with Gasteiger partial charge in [-0.1, -0.05) is 30.7 Å². The highest BCUT2D eigenvalue weighted by atomic mass is 35.5. The SMILES string of the molecule is CC[C@H](C)N(Cc1nc2ccccc2c(=O)[nH]1)C(=O)COc1ccc(Cl)cc1C. The molecule has 0 fully saturated rings. The van der Waals surface area contributed by atoms with Crippen LogP contribution in [0.15, 0.2) is 47.3 Å². The number of carbonyl (C=O) groups is 1. The molecule has 29 heavy (non-hydrogen) atoms. The number of benzene rings is 2. The normalized spacial score (nSPS) is 12.0. The lowest BCUT2D eigenvalue weighted by Crippen LogP contribution is -2.41. The van der Waals surface area contributed by atoms with E-state index in [4.69, 9.17) is 16.3 Å². The highest BCUT2D eigenvalue weighted by Gasteiger charge is 2.21. The van der Waals surface area contributed by atoms with E-state index in [0.29, 0.717) is 27.5 Å². The molecule has 0 spiro atoms. The highest BCUT2D eigenvalue weighted by molar-refractivity contribution is 6.30. The first-order chi connectivity index (χ1) is 13.9. The molecule has 0 saturated heterocycles. The number of aromatic amines is 1. The number of hydrogen-bond acceptors (Lipinski definition) is 4. The van der Waals surface area contributed by atoms with E-state index in [1.807, 2.05) is 26.8 Å². The molecule has 2 aromatic carbocycles. The molecule has 3 aromatic rings. The van der Waals surface area contributed by atoms with Gasteiger partial charge in [0.25, 0.3) is 11.5 Å². The van der Waals surface area contributed by atoms with Crippen LogP contribution in [-0.2, 0) is 11.3 Å². The Labute approximate surface area is 174 Å². The van der Waals surface area contributed by atoms with E-state index in [1.165, 1.54) is 0 Å². The fourth-order valence-corrected chi connectivity index (χ4v) is 3.31. The topological polar surface area (TPSA) is 75.3 Å². The Morgan fingerprint density at radius 1 is 1.28 bits per heavy atom. The molecule has 152 valence electrons. The summed E-state index contributed by atoms with van der Waals surface area (Å²) in [6.07, 6.45) is 0.767. The van der Waals surface area contributed by atoms with Crippen LogP contribution in [0.1, 0.15) is 31.7 Å². The zero-order valence-corrected chi connectivity index (χ0v) is 17.5. The van der Waals surface area contributed by atoms with Crippen LogP contribution in [0, 0.1) is 6.92 Å². The molecule has 1 atom stereocenters. The molecule has 0 aliphatic heterocycles. The Morgan fingerprint density at radius 3 is 2.76 bits per heavy atom. The van der Waals surface area contributed by atoms with Crippen LogP contribution in [0.5, 0.6) is 5.75 Å². The van der Waals surface area contributed by atoms with Gasteiger partial charge in [0.1, 0.15) is 11.6 Å². The van der Waals surface area contributed by atoms with E-state index in [1.54, 1.807) is 41.3 Å². The summed E-state index contributed by atoms with van der Waals surface area (Å²) in [5.41, 5.74) is 1.26. The standard InChI is InChI=1S/C22H24ClN3O3/c1-4-15(3)26(21(27)13-29-19-10-9-16(23)11-14(19)2)12-20-24-18-8-6-5-7-17(18)22(28)25-20/h5-11,15H,4,12-13H2,1-3H3,(H,24,25,28)/t15-/m0/s1. The Bertz CT molecular complexity index is 1080. The van der Waals surface area contributed by atoms with Crippen LogP contribution in [0.4, 0.5) is 0 Å². The van der Waals surface area contributed by atoms with Gasteiger partial charge < -0.3 is 14.6 Å². The van der Waals surface area contributed by atoms with Crippen molar-refractivity contribution in [3.63, 3.8) is 0 Å². The number of hydrogen-bond donors (Lipinski definition) is 1. The Hall–Kier alpha value is -2.86. The molecule has 0 saturated carbocycles. The molecular weight excluding hydrogens is 390 g/mol. The number of ether oxygens (including phenoxy) is 1. The summed E-state index contributed by atoms with van der Waals surface area (Å²) < 4.78 is 5.72. The van der Waals surface area contributed by atoms with Crippen LogP contribution in [0.3, 0.4) is 0 Å². The molecule has 1 heterocycles. The maximum atomic E-state index is 12.9. The molecule has 0 unspecified atom stereocenters.